The van der Waals surface area contributed by atoms with Crippen molar-refractivity contribution in [3.63, 3.8) is 0 Å². The summed E-state index contributed by atoms with van der Waals surface area (Å²) < 4.78 is 4.19. The molecular formula is C16H21Br2N3. The third-order valence-corrected chi connectivity index (χ3v) is 4.67. The molecule has 1 unspecified atom stereocenters. The highest BCUT2D eigenvalue weighted by Gasteiger charge is 2.17. The maximum absolute atomic E-state index is 4.44. The van der Waals surface area contributed by atoms with E-state index in [0.717, 1.165) is 34.0 Å². The van der Waals surface area contributed by atoms with Gasteiger partial charge in [-0.25, -0.2) is 0 Å². The van der Waals surface area contributed by atoms with Crippen molar-refractivity contribution in [2.24, 2.45) is 7.05 Å². The number of aromatic nitrogens is 2. The number of halogens is 2. The molecule has 21 heavy (non-hydrogen) atoms. The maximum Gasteiger partial charge on any atom is 0.0596 e. The molecule has 1 heterocycles. The first-order chi connectivity index (χ1) is 10.0. The molecule has 0 spiro atoms. The Kier molecular flexibility index (Phi) is 6.02. The van der Waals surface area contributed by atoms with E-state index in [4.69, 9.17) is 0 Å². The minimum absolute atomic E-state index is 0.280. The smallest absolute Gasteiger partial charge is 0.0596 e. The van der Waals surface area contributed by atoms with E-state index in [2.05, 4.69) is 73.5 Å². The molecule has 2 rings (SSSR count). The fourth-order valence-corrected chi connectivity index (χ4v) is 3.78. The van der Waals surface area contributed by atoms with Crippen LogP contribution in [0.4, 0.5) is 0 Å². The van der Waals surface area contributed by atoms with Crippen LogP contribution in [0.1, 0.15) is 36.3 Å². The minimum Gasteiger partial charge on any atom is -0.310 e. The molecule has 2 aromatic rings. The average molecular weight is 415 g/mol. The van der Waals surface area contributed by atoms with Gasteiger partial charge in [-0.2, -0.15) is 5.10 Å². The summed E-state index contributed by atoms with van der Waals surface area (Å²) in [7, 11) is 2.01. The number of hydrogen-bond donors (Lipinski definition) is 1. The molecule has 1 N–H and O–H groups in total. The summed E-state index contributed by atoms with van der Waals surface area (Å²) >= 11 is 7.20. The summed E-state index contributed by atoms with van der Waals surface area (Å²) in [6.07, 6.45) is 2.05. The Labute approximate surface area is 143 Å². The second-order valence-corrected chi connectivity index (χ2v) is 7.05. The molecule has 0 saturated carbocycles. The molecule has 0 aliphatic rings. The Morgan fingerprint density at radius 3 is 2.62 bits per heavy atom. The van der Waals surface area contributed by atoms with Gasteiger partial charge in [0, 0.05) is 34.1 Å². The lowest BCUT2D eigenvalue weighted by Crippen LogP contribution is -2.25. The maximum atomic E-state index is 4.44. The summed E-state index contributed by atoms with van der Waals surface area (Å²) in [6.45, 7) is 5.23. The zero-order valence-corrected chi connectivity index (χ0v) is 15.8. The van der Waals surface area contributed by atoms with Gasteiger partial charge < -0.3 is 5.32 Å². The van der Waals surface area contributed by atoms with Crippen molar-refractivity contribution in [3.8, 4) is 0 Å². The molecule has 0 amide bonds. The van der Waals surface area contributed by atoms with Crippen molar-refractivity contribution in [3.05, 3.63) is 50.2 Å². The van der Waals surface area contributed by atoms with Crippen molar-refractivity contribution in [2.45, 2.75) is 32.7 Å². The number of nitrogens with zero attached hydrogens (tertiary/aromatic N) is 2. The molecule has 1 atom stereocenters. The zero-order chi connectivity index (χ0) is 15.4. The average Bonchev–Trinajstić information content (AvgIpc) is 2.73. The summed E-state index contributed by atoms with van der Waals surface area (Å²) in [5.74, 6) is 0. The van der Waals surface area contributed by atoms with Gasteiger partial charge in [-0.1, -0.05) is 44.8 Å². The largest absolute Gasteiger partial charge is 0.310 e. The fourth-order valence-electron chi connectivity index (χ4n) is 2.46. The van der Waals surface area contributed by atoms with Crippen molar-refractivity contribution in [2.75, 3.05) is 6.54 Å². The molecule has 0 fully saturated rings. The number of hydrogen-bond acceptors (Lipinski definition) is 2. The predicted octanol–water partition coefficient (Wildman–Crippen LogP) is 4.54. The van der Waals surface area contributed by atoms with Gasteiger partial charge >= 0.3 is 0 Å². The highest BCUT2D eigenvalue weighted by atomic mass is 79.9. The Morgan fingerprint density at radius 2 is 2.05 bits per heavy atom. The lowest BCUT2D eigenvalue weighted by Gasteiger charge is -2.20. The third kappa shape index (κ3) is 4.41. The van der Waals surface area contributed by atoms with E-state index < -0.39 is 0 Å². The summed E-state index contributed by atoms with van der Waals surface area (Å²) in [5, 5.41) is 8.09. The van der Waals surface area contributed by atoms with Crippen molar-refractivity contribution in [1.29, 1.82) is 0 Å². The topological polar surface area (TPSA) is 29.9 Å². The fraction of sp³-hybridized carbons (Fsp3) is 0.438. The van der Waals surface area contributed by atoms with E-state index in [-0.39, 0.29) is 6.04 Å². The third-order valence-electron chi connectivity index (χ3n) is 3.49. The van der Waals surface area contributed by atoms with Crippen molar-refractivity contribution in [1.82, 2.24) is 15.1 Å². The molecule has 1 aromatic carbocycles. The number of benzene rings is 1. The van der Waals surface area contributed by atoms with Crippen molar-refractivity contribution >= 4 is 31.9 Å². The minimum atomic E-state index is 0.280. The molecular weight excluding hydrogens is 394 g/mol. The first-order valence-corrected chi connectivity index (χ1v) is 8.77. The molecule has 3 nitrogen and oxygen atoms in total. The van der Waals surface area contributed by atoms with Crippen LogP contribution in [0.3, 0.4) is 0 Å². The molecule has 5 heteroatoms. The van der Waals surface area contributed by atoms with Crippen LogP contribution in [0, 0.1) is 6.92 Å². The molecule has 114 valence electrons. The monoisotopic (exact) mass is 413 g/mol. The Bertz CT molecular complexity index is 608. The van der Waals surface area contributed by atoms with Gasteiger partial charge in [0.05, 0.1) is 5.69 Å². The van der Waals surface area contributed by atoms with Crippen LogP contribution < -0.4 is 5.32 Å². The zero-order valence-electron chi connectivity index (χ0n) is 12.7. The molecule has 0 radical (unpaired) electrons. The van der Waals surface area contributed by atoms with E-state index in [0.29, 0.717) is 0 Å². The lowest BCUT2D eigenvalue weighted by molar-refractivity contribution is 0.510. The summed E-state index contributed by atoms with van der Waals surface area (Å²) in [6, 6.07) is 8.81. The van der Waals surface area contributed by atoms with Crippen molar-refractivity contribution < 1.29 is 0 Å². The van der Waals surface area contributed by atoms with E-state index in [1.54, 1.807) is 0 Å². The highest BCUT2D eigenvalue weighted by Crippen LogP contribution is 2.29. The Hall–Kier alpha value is -0.650. The van der Waals surface area contributed by atoms with Gasteiger partial charge in [0.15, 0.2) is 0 Å². The van der Waals surface area contributed by atoms with E-state index in [1.165, 1.54) is 11.3 Å². The van der Waals surface area contributed by atoms with Gasteiger partial charge in [-0.05, 0) is 43.7 Å². The summed E-state index contributed by atoms with van der Waals surface area (Å²) in [5.41, 5.74) is 3.60. The van der Waals surface area contributed by atoms with Gasteiger partial charge in [0.2, 0.25) is 0 Å². The van der Waals surface area contributed by atoms with Crippen LogP contribution in [0.25, 0.3) is 0 Å². The van der Waals surface area contributed by atoms with E-state index >= 15 is 0 Å². The molecule has 0 aliphatic carbocycles. The van der Waals surface area contributed by atoms with Crippen LogP contribution in [0.5, 0.6) is 0 Å². The van der Waals surface area contributed by atoms with E-state index in [1.807, 2.05) is 18.7 Å². The van der Waals surface area contributed by atoms with Crippen LogP contribution in [0.2, 0.25) is 0 Å². The predicted molar refractivity (Wildman–Crippen MR) is 94.5 cm³/mol. The van der Waals surface area contributed by atoms with E-state index in [9.17, 15) is 0 Å². The summed E-state index contributed by atoms with van der Waals surface area (Å²) in [4.78, 5) is 0. The molecule has 0 bridgehead atoms. The quantitative estimate of drug-likeness (QED) is 0.751. The molecule has 1 aromatic heterocycles. The first-order valence-electron chi connectivity index (χ1n) is 7.19. The molecule has 0 aliphatic heterocycles. The SMILES string of the molecule is CCCNC(Cc1cc(C)nn1C)c1ccc(Br)cc1Br. The number of aryl methyl sites for hydroxylation is 2. The van der Waals surface area contributed by atoms with Gasteiger partial charge in [0.25, 0.3) is 0 Å². The van der Waals surface area contributed by atoms with Crippen LogP contribution in [0.15, 0.2) is 33.2 Å². The first kappa shape index (κ1) is 16.7. The highest BCUT2D eigenvalue weighted by molar-refractivity contribution is 9.11. The van der Waals surface area contributed by atoms with Crippen LogP contribution in [-0.4, -0.2) is 16.3 Å². The number of nitrogens with one attached hydrogen (secondary N) is 1. The normalized spacial score (nSPS) is 12.6. The van der Waals surface area contributed by atoms with Gasteiger partial charge in [0.1, 0.15) is 0 Å². The van der Waals surface area contributed by atoms with Gasteiger partial charge in [-0.15, -0.1) is 0 Å². The van der Waals surface area contributed by atoms with Crippen LogP contribution >= 0.6 is 31.9 Å². The second kappa shape index (κ2) is 7.56. The standard InChI is InChI=1S/C16H21Br2N3/c1-4-7-19-16(10-13-8-11(2)20-21(13)3)14-6-5-12(17)9-15(14)18/h5-6,8-9,16,19H,4,7,10H2,1-3H3. The molecule has 0 saturated heterocycles. The Morgan fingerprint density at radius 1 is 1.29 bits per heavy atom. The number of rotatable bonds is 6. The Balaban J connectivity index is 2.27. The van der Waals surface area contributed by atoms with Crippen LogP contribution in [-0.2, 0) is 13.5 Å². The second-order valence-electron chi connectivity index (χ2n) is 5.28. The van der Waals surface area contributed by atoms with Gasteiger partial charge in [-0.3, -0.25) is 4.68 Å². The lowest BCUT2D eigenvalue weighted by atomic mass is 10.0.